The number of aromatic carboxylic acids is 1. The number of hydrogen-bond donors (Lipinski definition) is 1. The lowest BCUT2D eigenvalue weighted by molar-refractivity contribution is -0.0598. The Hall–Kier alpha value is -1.20. The zero-order valence-electron chi connectivity index (χ0n) is 11.0. The minimum atomic E-state index is -1.15. The van der Waals surface area contributed by atoms with Crippen molar-refractivity contribution < 1.29 is 14.6 Å². The molecular formula is C13H17ClN2O3. The molecule has 104 valence electrons. The summed E-state index contributed by atoms with van der Waals surface area (Å²) in [5.74, 6) is -0.0812. The van der Waals surface area contributed by atoms with E-state index in [9.17, 15) is 4.79 Å². The van der Waals surface area contributed by atoms with Gasteiger partial charge in [-0.05, 0) is 31.6 Å². The highest BCUT2D eigenvalue weighted by molar-refractivity contribution is 6.33. The molecule has 0 amide bonds. The van der Waals surface area contributed by atoms with Crippen LogP contribution in [-0.2, 0) is 10.3 Å². The summed E-state index contributed by atoms with van der Waals surface area (Å²) in [6, 6.07) is 0. The molecule has 0 bridgehead atoms. The van der Waals surface area contributed by atoms with Gasteiger partial charge in [-0.2, -0.15) is 0 Å². The van der Waals surface area contributed by atoms with E-state index >= 15 is 0 Å². The van der Waals surface area contributed by atoms with E-state index in [1.165, 1.54) is 6.20 Å². The summed E-state index contributed by atoms with van der Waals surface area (Å²) in [5.41, 5.74) is -0.747. The van der Waals surface area contributed by atoms with Crippen LogP contribution in [0.15, 0.2) is 6.20 Å². The summed E-state index contributed by atoms with van der Waals surface area (Å²) in [7, 11) is 1.62. The number of aromatic nitrogens is 2. The molecule has 1 aliphatic rings. The summed E-state index contributed by atoms with van der Waals surface area (Å²) in [5, 5.41) is 9.12. The lowest BCUT2D eigenvalue weighted by Crippen LogP contribution is -2.35. The maximum atomic E-state index is 11.1. The minimum absolute atomic E-state index is 0.0479. The molecule has 2 rings (SSSR count). The third-order valence-electron chi connectivity index (χ3n) is 3.83. The van der Waals surface area contributed by atoms with Crippen LogP contribution in [0, 0.1) is 5.92 Å². The molecule has 0 unspecified atom stereocenters. The summed E-state index contributed by atoms with van der Waals surface area (Å²) in [4.78, 5) is 19.4. The number of nitrogens with zero attached hydrogens (tertiary/aromatic N) is 2. The van der Waals surface area contributed by atoms with Crippen LogP contribution in [0.1, 0.15) is 48.9 Å². The normalized spacial score (nSPS) is 27.2. The van der Waals surface area contributed by atoms with Crippen LogP contribution in [0.3, 0.4) is 0 Å². The predicted molar refractivity (Wildman–Crippen MR) is 70.3 cm³/mol. The van der Waals surface area contributed by atoms with Crippen LogP contribution in [0.4, 0.5) is 0 Å². The second kappa shape index (κ2) is 5.43. The van der Waals surface area contributed by atoms with Gasteiger partial charge in [0.1, 0.15) is 5.60 Å². The molecule has 5 nitrogen and oxygen atoms in total. The summed E-state index contributed by atoms with van der Waals surface area (Å²) < 4.78 is 5.63. The van der Waals surface area contributed by atoms with Crippen molar-refractivity contribution in [1.82, 2.24) is 9.97 Å². The van der Waals surface area contributed by atoms with E-state index < -0.39 is 11.6 Å². The number of carboxylic acid groups (broad SMARTS) is 1. The van der Waals surface area contributed by atoms with Gasteiger partial charge in [-0.25, -0.2) is 14.8 Å². The van der Waals surface area contributed by atoms with Crippen molar-refractivity contribution in [3.8, 4) is 0 Å². The van der Waals surface area contributed by atoms with Gasteiger partial charge in [0.2, 0.25) is 0 Å². The first-order valence-corrected chi connectivity index (χ1v) is 6.68. The quantitative estimate of drug-likeness (QED) is 0.924. The lowest BCUT2D eigenvalue weighted by atomic mass is 9.79. The molecular weight excluding hydrogens is 268 g/mol. The molecule has 0 aliphatic heterocycles. The van der Waals surface area contributed by atoms with Gasteiger partial charge in [-0.1, -0.05) is 18.5 Å². The van der Waals surface area contributed by atoms with Crippen LogP contribution < -0.4 is 0 Å². The molecule has 1 saturated carbocycles. The van der Waals surface area contributed by atoms with Crippen molar-refractivity contribution in [3.05, 3.63) is 22.7 Å². The number of carbonyl (C=O) groups is 1. The lowest BCUT2D eigenvalue weighted by Gasteiger charge is -2.36. The highest BCUT2D eigenvalue weighted by atomic mass is 35.5. The Labute approximate surface area is 117 Å². The summed E-state index contributed by atoms with van der Waals surface area (Å²) in [6.07, 6.45) is 4.97. The Morgan fingerprint density at radius 1 is 1.53 bits per heavy atom. The Balaban J connectivity index is 2.39. The van der Waals surface area contributed by atoms with Gasteiger partial charge in [0.15, 0.2) is 11.5 Å². The van der Waals surface area contributed by atoms with Crippen molar-refractivity contribution >= 4 is 17.6 Å². The zero-order valence-corrected chi connectivity index (χ0v) is 11.8. The Kier molecular flexibility index (Phi) is 4.06. The number of carboxylic acids is 1. The van der Waals surface area contributed by atoms with Crippen molar-refractivity contribution in [2.24, 2.45) is 5.92 Å². The van der Waals surface area contributed by atoms with Crippen LogP contribution in [-0.4, -0.2) is 28.2 Å². The van der Waals surface area contributed by atoms with E-state index in [1.807, 2.05) is 0 Å². The van der Waals surface area contributed by atoms with Crippen LogP contribution in [0.2, 0.25) is 5.02 Å². The second-order valence-corrected chi connectivity index (χ2v) is 5.48. The fraction of sp³-hybridized carbons (Fsp3) is 0.615. The Morgan fingerprint density at radius 3 is 2.68 bits per heavy atom. The largest absolute Gasteiger partial charge is 0.476 e. The maximum Gasteiger partial charge on any atom is 0.356 e. The molecule has 1 fully saturated rings. The molecule has 1 N–H and O–H groups in total. The van der Waals surface area contributed by atoms with Crippen molar-refractivity contribution in [1.29, 1.82) is 0 Å². The first kappa shape index (κ1) is 14.2. The van der Waals surface area contributed by atoms with Gasteiger partial charge >= 0.3 is 5.97 Å². The predicted octanol–water partition coefficient (Wildman–Crippen LogP) is 2.88. The van der Waals surface area contributed by atoms with E-state index in [0.29, 0.717) is 11.7 Å². The molecule has 0 spiro atoms. The second-order valence-electron chi connectivity index (χ2n) is 5.08. The summed E-state index contributed by atoms with van der Waals surface area (Å²) >= 11 is 5.80. The van der Waals surface area contributed by atoms with Crippen LogP contribution >= 0.6 is 11.6 Å². The van der Waals surface area contributed by atoms with Gasteiger partial charge < -0.3 is 9.84 Å². The molecule has 0 radical (unpaired) electrons. The minimum Gasteiger partial charge on any atom is -0.476 e. The van der Waals surface area contributed by atoms with E-state index in [0.717, 1.165) is 25.7 Å². The van der Waals surface area contributed by atoms with E-state index in [-0.39, 0.29) is 10.7 Å². The molecule has 0 aromatic carbocycles. The smallest absolute Gasteiger partial charge is 0.356 e. The number of hydrogen-bond acceptors (Lipinski definition) is 4. The van der Waals surface area contributed by atoms with Gasteiger partial charge in [0, 0.05) is 7.11 Å². The maximum absolute atomic E-state index is 11.1. The van der Waals surface area contributed by atoms with Crippen molar-refractivity contribution in [2.75, 3.05) is 7.11 Å². The van der Waals surface area contributed by atoms with Crippen molar-refractivity contribution in [2.45, 2.75) is 38.2 Å². The van der Waals surface area contributed by atoms with Crippen LogP contribution in [0.25, 0.3) is 0 Å². The molecule has 19 heavy (non-hydrogen) atoms. The number of halogens is 1. The van der Waals surface area contributed by atoms with Gasteiger partial charge in [0.05, 0.1) is 11.2 Å². The fourth-order valence-corrected chi connectivity index (χ4v) is 2.66. The molecule has 6 heteroatoms. The highest BCUT2D eigenvalue weighted by Crippen LogP contribution is 2.40. The molecule has 1 aromatic heterocycles. The topological polar surface area (TPSA) is 72.3 Å². The van der Waals surface area contributed by atoms with E-state index in [1.54, 1.807) is 7.11 Å². The monoisotopic (exact) mass is 284 g/mol. The number of methoxy groups -OCH3 is 1. The summed E-state index contributed by atoms with van der Waals surface area (Å²) in [6.45, 7) is 2.20. The van der Waals surface area contributed by atoms with E-state index in [2.05, 4.69) is 16.9 Å². The average Bonchev–Trinajstić information content (AvgIpc) is 2.40. The SMILES string of the molecule is COC1(c2ncc(Cl)c(C(=O)O)n2)CCC(C)CC1. The molecule has 0 atom stereocenters. The van der Waals surface area contributed by atoms with E-state index in [4.69, 9.17) is 21.4 Å². The zero-order chi connectivity index (χ0) is 14.0. The van der Waals surface area contributed by atoms with Crippen LogP contribution in [0.5, 0.6) is 0 Å². The van der Waals surface area contributed by atoms with Crippen molar-refractivity contribution in [3.63, 3.8) is 0 Å². The standard InChI is InChI=1S/C13H17ClN2O3/c1-8-3-5-13(19-2,6-4-8)12-15-7-9(14)10(16-12)11(17)18/h7-8H,3-6H2,1-2H3,(H,17,18). The third kappa shape index (κ3) is 2.72. The Morgan fingerprint density at radius 2 is 2.16 bits per heavy atom. The van der Waals surface area contributed by atoms with Gasteiger partial charge in [-0.3, -0.25) is 0 Å². The van der Waals surface area contributed by atoms with Gasteiger partial charge in [0.25, 0.3) is 0 Å². The number of rotatable bonds is 3. The molecule has 1 aromatic rings. The number of ether oxygens (including phenoxy) is 1. The molecule has 1 heterocycles. The third-order valence-corrected chi connectivity index (χ3v) is 4.10. The first-order valence-electron chi connectivity index (χ1n) is 6.30. The average molecular weight is 285 g/mol. The highest BCUT2D eigenvalue weighted by Gasteiger charge is 2.39. The van der Waals surface area contributed by atoms with Gasteiger partial charge in [-0.15, -0.1) is 0 Å². The molecule has 0 saturated heterocycles. The molecule has 1 aliphatic carbocycles. The fourth-order valence-electron chi connectivity index (χ4n) is 2.48. The first-order chi connectivity index (χ1) is 8.98. The Bertz CT molecular complexity index is 485.